The number of hydrazine groups is 1. The summed E-state index contributed by atoms with van der Waals surface area (Å²) in [5, 5.41) is 8.27. The molecule has 0 spiro atoms. The lowest BCUT2D eigenvalue weighted by Crippen LogP contribution is -2.40. The van der Waals surface area contributed by atoms with E-state index in [-0.39, 0.29) is 5.56 Å². The third-order valence-corrected chi connectivity index (χ3v) is 2.88. The molecule has 8 heteroatoms. The summed E-state index contributed by atoms with van der Waals surface area (Å²) in [4.78, 5) is 10.8. The summed E-state index contributed by atoms with van der Waals surface area (Å²) in [7, 11) is 0. The molecule has 0 saturated carbocycles. The summed E-state index contributed by atoms with van der Waals surface area (Å²) in [5.41, 5.74) is 1.75. The molecule has 5 nitrogen and oxygen atoms in total. The standard InChI is InChI=1S/C11H11F3N4O/c1-7(18-10(6-19)15-16-17-18)8-4-2-3-5-9(8)11(12,13)14/h2-7,10H,1H3,(H,15,17). The summed E-state index contributed by atoms with van der Waals surface area (Å²) in [5.74, 6) is 0. The van der Waals surface area contributed by atoms with Gasteiger partial charge in [-0.2, -0.15) is 18.2 Å². The van der Waals surface area contributed by atoms with Crippen LogP contribution in [0.2, 0.25) is 0 Å². The fourth-order valence-electron chi connectivity index (χ4n) is 1.93. The molecular weight excluding hydrogens is 261 g/mol. The normalized spacial score (nSPS) is 21.2. The molecule has 1 aliphatic rings. The lowest BCUT2D eigenvalue weighted by atomic mass is 10.0. The highest BCUT2D eigenvalue weighted by Crippen LogP contribution is 2.36. The molecule has 1 aromatic rings. The van der Waals surface area contributed by atoms with Crippen LogP contribution in [0, 0.1) is 0 Å². The van der Waals surface area contributed by atoms with Crippen LogP contribution in [0.15, 0.2) is 34.6 Å². The van der Waals surface area contributed by atoms with E-state index < -0.39 is 23.9 Å². The highest BCUT2D eigenvalue weighted by atomic mass is 19.4. The van der Waals surface area contributed by atoms with Gasteiger partial charge in [-0.25, -0.2) is 5.53 Å². The van der Waals surface area contributed by atoms with Crippen molar-refractivity contribution in [3.8, 4) is 0 Å². The number of halogens is 3. The van der Waals surface area contributed by atoms with Crippen molar-refractivity contribution in [1.82, 2.24) is 10.5 Å². The van der Waals surface area contributed by atoms with Crippen LogP contribution in [0.1, 0.15) is 24.1 Å². The molecule has 19 heavy (non-hydrogen) atoms. The molecule has 0 fully saturated rings. The Morgan fingerprint density at radius 3 is 2.74 bits per heavy atom. The molecular formula is C11H11F3N4O. The van der Waals surface area contributed by atoms with Crippen LogP contribution in [-0.2, 0) is 11.0 Å². The van der Waals surface area contributed by atoms with Gasteiger partial charge in [0.25, 0.3) is 0 Å². The van der Waals surface area contributed by atoms with E-state index in [2.05, 4.69) is 15.9 Å². The third kappa shape index (κ3) is 2.58. The van der Waals surface area contributed by atoms with Crippen LogP contribution in [0.25, 0.3) is 0 Å². The van der Waals surface area contributed by atoms with Gasteiger partial charge < -0.3 is 0 Å². The number of carbonyl (C=O) groups excluding carboxylic acids is 1. The second-order valence-electron chi connectivity index (χ2n) is 4.03. The fourth-order valence-corrected chi connectivity index (χ4v) is 1.93. The smallest absolute Gasteiger partial charge is 0.299 e. The molecule has 1 aliphatic heterocycles. The van der Waals surface area contributed by atoms with Crippen molar-refractivity contribution in [1.29, 1.82) is 0 Å². The van der Waals surface area contributed by atoms with Gasteiger partial charge >= 0.3 is 6.18 Å². The fraction of sp³-hybridized carbons (Fsp3) is 0.364. The highest BCUT2D eigenvalue weighted by Gasteiger charge is 2.37. The van der Waals surface area contributed by atoms with Gasteiger partial charge in [-0.1, -0.05) is 23.4 Å². The number of hydrogen-bond acceptors (Lipinski definition) is 5. The second-order valence-corrected chi connectivity index (χ2v) is 4.03. The van der Waals surface area contributed by atoms with Crippen LogP contribution in [0.3, 0.4) is 0 Å². The Hall–Kier alpha value is -1.96. The molecule has 0 radical (unpaired) electrons. The van der Waals surface area contributed by atoms with Crippen LogP contribution in [-0.4, -0.2) is 17.5 Å². The quantitative estimate of drug-likeness (QED) is 0.860. The van der Waals surface area contributed by atoms with Gasteiger partial charge in [0.05, 0.1) is 11.6 Å². The van der Waals surface area contributed by atoms with E-state index in [1.807, 2.05) is 0 Å². The van der Waals surface area contributed by atoms with E-state index in [1.165, 1.54) is 23.2 Å². The number of alkyl halides is 3. The summed E-state index contributed by atoms with van der Waals surface area (Å²) < 4.78 is 38.8. The Kier molecular flexibility index (Phi) is 3.52. The van der Waals surface area contributed by atoms with Crippen molar-refractivity contribution in [2.45, 2.75) is 25.3 Å². The molecule has 0 aromatic heterocycles. The van der Waals surface area contributed by atoms with Gasteiger partial charge in [-0.05, 0) is 18.6 Å². The molecule has 102 valence electrons. The van der Waals surface area contributed by atoms with E-state index in [0.717, 1.165) is 6.07 Å². The van der Waals surface area contributed by atoms with Gasteiger partial charge in [-0.15, -0.1) is 5.11 Å². The largest absolute Gasteiger partial charge is 0.416 e. The monoisotopic (exact) mass is 272 g/mol. The van der Waals surface area contributed by atoms with E-state index in [0.29, 0.717) is 6.29 Å². The Bertz CT molecular complexity index is 503. The van der Waals surface area contributed by atoms with Crippen molar-refractivity contribution < 1.29 is 18.0 Å². The van der Waals surface area contributed by atoms with Crippen molar-refractivity contribution >= 4 is 6.29 Å². The number of carbonyl (C=O) groups is 1. The topological polar surface area (TPSA) is 57.1 Å². The van der Waals surface area contributed by atoms with E-state index in [9.17, 15) is 18.0 Å². The molecule has 2 unspecified atom stereocenters. The molecule has 2 atom stereocenters. The molecule has 0 bridgehead atoms. The zero-order valence-corrected chi connectivity index (χ0v) is 9.93. The number of nitrogens with zero attached hydrogens (tertiary/aromatic N) is 3. The number of benzene rings is 1. The molecule has 1 heterocycles. The average molecular weight is 272 g/mol. The van der Waals surface area contributed by atoms with E-state index in [1.54, 1.807) is 6.92 Å². The molecule has 0 aliphatic carbocycles. The van der Waals surface area contributed by atoms with Gasteiger partial charge in [0, 0.05) is 0 Å². The highest BCUT2D eigenvalue weighted by molar-refractivity contribution is 5.57. The first-order valence-corrected chi connectivity index (χ1v) is 5.50. The summed E-state index contributed by atoms with van der Waals surface area (Å²) in [6.45, 7) is 1.55. The third-order valence-electron chi connectivity index (χ3n) is 2.88. The molecule has 1 aromatic carbocycles. The molecule has 1 N–H and O–H groups in total. The van der Waals surface area contributed by atoms with E-state index in [4.69, 9.17) is 0 Å². The number of rotatable bonds is 3. The zero-order valence-electron chi connectivity index (χ0n) is 9.93. The first kappa shape index (κ1) is 13.5. The van der Waals surface area contributed by atoms with Crippen molar-refractivity contribution in [3.63, 3.8) is 0 Å². The van der Waals surface area contributed by atoms with Crippen LogP contribution >= 0.6 is 0 Å². The first-order valence-electron chi connectivity index (χ1n) is 5.50. The van der Waals surface area contributed by atoms with Crippen LogP contribution in [0.5, 0.6) is 0 Å². The van der Waals surface area contributed by atoms with Gasteiger partial charge in [0.15, 0.2) is 12.5 Å². The number of nitrogens with one attached hydrogen (secondary N) is 1. The minimum absolute atomic E-state index is 0.0571. The minimum Gasteiger partial charge on any atom is -0.299 e. The molecule has 0 amide bonds. The number of aldehydes is 1. The summed E-state index contributed by atoms with van der Waals surface area (Å²) in [6.07, 6.45) is -4.86. The zero-order chi connectivity index (χ0) is 14.0. The van der Waals surface area contributed by atoms with Crippen molar-refractivity contribution in [2.24, 2.45) is 10.3 Å². The van der Waals surface area contributed by atoms with Crippen molar-refractivity contribution in [2.75, 3.05) is 0 Å². The Morgan fingerprint density at radius 2 is 2.11 bits per heavy atom. The molecule has 2 rings (SSSR count). The van der Waals surface area contributed by atoms with E-state index >= 15 is 0 Å². The maximum absolute atomic E-state index is 12.9. The second kappa shape index (κ2) is 4.96. The lowest BCUT2D eigenvalue weighted by Gasteiger charge is -2.27. The first-order chi connectivity index (χ1) is 8.95. The van der Waals surface area contributed by atoms with Crippen LogP contribution in [0.4, 0.5) is 13.2 Å². The SMILES string of the molecule is CC(c1ccccc1C(F)(F)F)N1NN=NC1C=O. The minimum atomic E-state index is -4.45. The number of hydrogen-bond donors (Lipinski definition) is 1. The maximum atomic E-state index is 12.9. The summed E-state index contributed by atoms with van der Waals surface area (Å²) in [6, 6.07) is 4.51. The van der Waals surface area contributed by atoms with Gasteiger partial charge in [0.2, 0.25) is 0 Å². The van der Waals surface area contributed by atoms with Gasteiger partial charge in [0.1, 0.15) is 0 Å². The lowest BCUT2D eigenvalue weighted by molar-refractivity contribution is -0.139. The van der Waals surface area contributed by atoms with Crippen molar-refractivity contribution in [3.05, 3.63) is 35.4 Å². The average Bonchev–Trinajstić information content (AvgIpc) is 2.85. The van der Waals surface area contributed by atoms with Crippen LogP contribution < -0.4 is 5.53 Å². The van der Waals surface area contributed by atoms with Gasteiger partial charge in [-0.3, -0.25) is 4.79 Å². The Balaban J connectivity index is 2.34. The maximum Gasteiger partial charge on any atom is 0.416 e. The Morgan fingerprint density at radius 1 is 1.42 bits per heavy atom. The summed E-state index contributed by atoms with van der Waals surface area (Å²) >= 11 is 0. The predicted octanol–water partition coefficient (Wildman–Crippen LogP) is 2.48. The predicted molar refractivity (Wildman–Crippen MR) is 59.5 cm³/mol. The Labute approximate surface area is 107 Å². The molecule has 0 saturated heterocycles.